The Kier molecular flexibility index (Phi) is 5.26. The SMILES string of the molecule is CCCNC(C(OCC)C1CC1)C(C)(C)C. The van der Waals surface area contributed by atoms with Gasteiger partial charge in [0.25, 0.3) is 0 Å². The Bertz CT molecular complexity index is 193. The van der Waals surface area contributed by atoms with E-state index < -0.39 is 0 Å². The van der Waals surface area contributed by atoms with E-state index in [4.69, 9.17) is 4.74 Å². The highest BCUT2D eigenvalue weighted by molar-refractivity contribution is 4.95. The molecule has 1 aliphatic carbocycles. The van der Waals surface area contributed by atoms with Crippen LogP contribution in [-0.4, -0.2) is 25.3 Å². The van der Waals surface area contributed by atoms with Gasteiger partial charge in [0.2, 0.25) is 0 Å². The minimum Gasteiger partial charge on any atom is -0.377 e. The van der Waals surface area contributed by atoms with E-state index in [0.717, 1.165) is 19.1 Å². The summed E-state index contributed by atoms with van der Waals surface area (Å²) in [5, 5.41) is 3.69. The van der Waals surface area contributed by atoms with Gasteiger partial charge < -0.3 is 10.1 Å². The highest BCUT2D eigenvalue weighted by atomic mass is 16.5. The van der Waals surface area contributed by atoms with Crippen LogP contribution in [0.25, 0.3) is 0 Å². The first kappa shape index (κ1) is 14.0. The number of hydrogen-bond acceptors (Lipinski definition) is 2. The summed E-state index contributed by atoms with van der Waals surface area (Å²) < 4.78 is 5.99. The zero-order valence-corrected chi connectivity index (χ0v) is 11.7. The van der Waals surface area contributed by atoms with Crippen LogP contribution in [0.3, 0.4) is 0 Å². The third kappa shape index (κ3) is 4.06. The molecule has 96 valence electrons. The second-order valence-corrected chi connectivity index (χ2v) is 6.06. The lowest BCUT2D eigenvalue weighted by Gasteiger charge is -2.38. The quantitative estimate of drug-likeness (QED) is 0.721. The summed E-state index contributed by atoms with van der Waals surface area (Å²) in [7, 11) is 0. The second-order valence-electron chi connectivity index (χ2n) is 6.06. The predicted octanol–water partition coefficient (Wildman–Crippen LogP) is 3.22. The molecule has 0 heterocycles. The molecule has 0 aliphatic heterocycles. The highest BCUT2D eigenvalue weighted by Crippen LogP contribution is 2.39. The standard InChI is InChI=1S/C14H29NO/c1-6-10-15-13(14(3,4)5)12(16-7-2)11-8-9-11/h11-13,15H,6-10H2,1-5H3. The maximum atomic E-state index is 5.99. The summed E-state index contributed by atoms with van der Waals surface area (Å²) in [6.07, 6.45) is 4.31. The summed E-state index contributed by atoms with van der Waals surface area (Å²) in [5.41, 5.74) is 0.275. The van der Waals surface area contributed by atoms with E-state index in [-0.39, 0.29) is 5.41 Å². The number of rotatable bonds is 7. The smallest absolute Gasteiger partial charge is 0.0761 e. The molecule has 0 aromatic carbocycles. The molecule has 1 aliphatic rings. The Morgan fingerprint density at radius 2 is 1.88 bits per heavy atom. The van der Waals surface area contributed by atoms with Gasteiger partial charge in [0.1, 0.15) is 0 Å². The molecule has 1 saturated carbocycles. The maximum absolute atomic E-state index is 5.99. The fourth-order valence-corrected chi connectivity index (χ4v) is 2.34. The normalized spacial score (nSPS) is 20.8. The summed E-state index contributed by atoms with van der Waals surface area (Å²) in [4.78, 5) is 0. The van der Waals surface area contributed by atoms with Gasteiger partial charge in [-0.1, -0.05) is 27.7 Å². The molecule has 2 heteroatoms. The van der Waals surface area contributed by atoms with E-state index in [1.807, 2.05) is 0 Å². The summed E-state index contributed by atoms with van der Waals surface area (Å²) in [5.74, 6) is 0.800. The molecule has 1 N–H and O–H groups in total. The lowest BCUT2D eigenvalue weighted by atomic mass is 9.81. The van der Waals surface area contributed by atoms with Gasteiger partial charge in [-0.05, 0) is 44.1 Å². The monoisotopic (exact) mass is 227 g/mol. The van der Waals surface area contributed by atoms with Crippen molar-refractivity contribution in [2.75, 3.05) is 13.2 Å². The minimum absolute atomic E-state index is 0.275. The Morgan fingerprint density at radius 1 is 1.25 bits per heavy atom. The van der Waals surface area contributed by atoms with Crippen LogP contribution in [0.1, 0.15) is 53.9 Å². The average molecular weight is 227 g/mol. The summed E-state index contributed by atoms with van der Waals surface area (Å²) in [6, 6.07) is 0.486. The molecule has 2 atom stereocenters. The molecular formula is C14H29NO. The van der Waals surface area contributed by atoms with Gasteiger partial charge in [0.05, 0.1) is 6.10 Å². The van der Waals surface area contributed by atoms with Crippen molar-refractivity contribution < 1.29 is 4.74 Å². The van der Waals surface area contributed by atoms with Crippen LogP contribution in [0.15, 0.2) is 0 Å². The van der Waals surface area contributed by atoms with Crippen LogP contribution in [0, 0.1) is 11.3 Å². The summed E-state index contributed by atoms with van der Waals surface area (Å²) in [6.45, 7) is 13.2. The van der Waals surface area contributed by atoms with Crippen molar-refractivity contribution in [3.63, 3.8) is 0 Å². The van der Waals surface area contributed by atoms with E-state index >= 15 is 0 Å². The molecule has 1 fully saturated rings. The van der Waals surface area contributed by atoms with Crippen LogP contribution in [0.4, 0.5) is 0 Å². The lowest BCUT2D eigenvalue weighted by molar-refractivity contribution is -0.0111. The molecule has 0 aromatic rings. The Morgan fingerprint density at radius 3 is 2.25 bits per heavy atom. The van der Waals surface area contributed by atoms with Gasteiger partial charge >= 0.3 is 0 Å². The molecule has 1 rings (SSSR count). The van der Waals surface area contributed by atoms with E-state index in [0.29, 0.717) is 12.1 Å². The van der Waals surface area contributed by atoms with Gasteiger partial charge in [-0.2, -0.15) is 0 Å². The maximum Gasteiger partial charge on any atom is 0.0761 e. The van der Waals surface area contributed by atoms with Crippen molar-refractivity contribution in [1.82, 2.24) is 5.32 Å². The van der Waals surface area contributed by atoms with Crippen LogP contribution in [0.2, 0.25) is 0 Å². The van der Waals surface area contributed by atoms with E-state index in [1.54, 1.807) is 0 Å². The molecule has 0 saturated heterocycles. The van der Waals surface area contributed by atoms with Crippen LogP contribution < -0.4 is 5.32 Å². The van der Waals surface area contributed by atoms with Crippen molar-refractivity contribution in [1.29, 1.82) is 0 Å². The zero-order valence-electron chi connectivity index (χ0n) is 11.7. The Balaban J connectivity index is 2.63. The van der Waals surface area contributed by atoms with Crippen molar-refractivity contribution in [3.05, 3.63) is 0 Å². The minimum atomic E-state index is 0.275. The van der Waals surface area contributed by atoms with Gasteiger partial charge in [0.15, 0.2) is 0 Å². The third-order valence-electron chi connectivity index (χ3n) is 3.32. The zero-order chi connectivity index (χ0) is 12.2. The molecule has 0 aromatic heterocycles. The number of hydrogen-bond donors (Lipinski definition) is 1. The third-order valence-corrected chi connectivity index (χ3v) is 3.32. The van der Waals surface area contributed by atoms with E-state index in [9.17, 15) is 0 Å². The predicted molar refractivity (Wildman–Crippen MR) is 69.7 cm³/mol. The van der Waals surface area contributed by atoms with Crippen LogP contribution in [-0.2, 0) is 4.74 Å². The first-order chi connectivity index (χ1) is 7.50. The Labute approximate surface area is 101 Å². The molecule has 0 bridgehead atoms. The molecule has 2 unspecified atom stereocenters. The van der Waals surface area contributed by atoms with Crippen molar-refractivity contribution in [2.24, 2.45) is 11.3 Å². The van der Waals surface area contributed by atoms with E-state index in [2.05, 4.69) is 39.9 Å². The topological polar surface area (TPSA) is 21.3 Å². The largest absolute Gasteiger partial charge is 0.377 e. The molecule has 16 heavy (non-hydrogen) atoms. The van der Waals surface area contributed by atoms with Crippen LogP contribution >= 0.6 is 0 Å². The fraction of sp³-hybridized carbons (Fsp3) is 1.00. The fourth-order valence-electron chi connectivity index (χ4n) is 2.34. The lowest BCUT2D eigenvalue weighted by Crippen LogP contribution is -2.51. The number of ether oxygens (including phenoxy) is 1. The Hall–Kier alpha value is -0.0800. The van der Waals surface area contributed by atoms with Gasteiger partial charge in [-0.15, -0.1) is 0 Å². The van der Waals surface area contributed by atoms with Gasteiger partial charge in [-0.25, -0.2) is 0 Å². The molecule has 0 spiro atoms. The first-order valence-electron chi connectivity index (χ1n) is 6.85. The van der Waals surface area contributed by atoms with Crippen molar-refractivity contribution >= 4 is 0 Å². The van der Waals surface area contributed by atoms with Crippen LogP contribution in [0.5, 0.6) is 0 Å². The first-order valence-corrected chi connectivity index (χ1v) is 6.85. The van der Waals surface area contributed by atoms with Crippen molar-refractivity contribution in [3.8, 4) is 0 Å². The number of nitrogens with one attached hydrogen (secondary N) is 1. The molecule has 0 amide bonds. The average Bonchev–Trinajstić information content (AvgIpc) is 2.98. The van der Waals surface area contributed by atoms with Crippen molar-refractivity contribution in [2.45, 2.75) is 66.0 Å². The summed E-state index contributed by atoms with van der Waals surface area (Å²) >= 11 is 0. The highest BCUT2D eigenvalue weighted by Gasteiger charge is 2.41. The second kappa shape index (κ2) is 6.02. The molecule has 0 radical (unpaired) electrons. The van der Waals surface area contributed by atoms with Gasteiger partial charge in [-0.3, -0.25) is 0 Å². The molecule has 2 nitrogen and oxygen atoms in total. The molecular weight excluding hydrogens is 198 g/mol. The van der Waals surface area contributed by atoms with Gasteiger partial charge in [0, 0.05) is 12.6 Å². The van der Waals surface area contributed by atoms with E-state index in [1.165, 1.54) is 19.3 Å².